The molecular weight excluding hydrogens is 194 g/mol. The maximum absolute atomic E-state index is 5.78. The van der Waals surface area contributed by atoms with Gasteiger partial charge in [0.1, 0.15) is 6.61 Å². The molecule has 0 bridgehead atoms. The lowest BCUT2D eigenvalue weighted by Gasteiger charge is -1.98. The van der Waals surface area contributed by atoms with Gasteiger partial charge in [-0.25, -0.2) is 0 Å². The van der Waals surface area contributed by atoms with Crippen molar-refractivity contribution < 1.29 is 9.15 Å². The third kappa shape index (κ3) is 1.97. The van der Waals surface area contributed by atoms with Crippen LogP contribution in [0.3, 0.4) is 0 Å². The zero-order chi connectivity index (χ0) is 10.7. The Balaban J connectivity index is 2.33. The summed E-state index contributed by atoms with van der Waals surface area (Å²) >= 11 is 0. The van der Waals surface area contributed by atoms with Crippen molar-refractivity contribution in [2.75, 3.05) is 12.8 Å². The number of rotatable bonds is 3. The van der Waals surface area contributed by atoms with E-state index in [1.807, 2.05) is 18.2 Å². The van der Waals surface area contributed by atoms with E-state index in [0.29, 0.717) is 24.1 Å². The number of anilines is 1. The van der Waals surface area contributed by atoms with E-state index in [9.17, 15) is 0 Å². The van der Waals surface area contributed by atoms with Crippen LogP contribution >= 0.6 is 0 Å². The zero-order valence-corrected chi connectivity index (χ0v) is 8.30. The number of hydrogen-bond donors (Lipinski definition) is 1. The fourth-order valence-corrected chi connectivity index (χ4v) is 1.24. The summed E-state index contributed by atoms with van der Waals surface area (Å²) in [6.45, 7) is 0.305. The summed E-state index contributed by atoms with van der Waals surface area (Å²) < 4.78 is 10.2. The predicted molar refractivity (Wildman–Crippen MR) is 54.9 cm³/mol. The van der Waals surface area contributed by atoms with E-state index in [4.69, 9.17) is 14.9 Å². The Bertz CT molecular complexity index is 453. The smallest absolute Gasteiger partial charge is 0.249 e. The van der Waals surface area contributed by atoms with Crippen LogP contribution in [0.5, 0.6) is 0 Å². The average Bonchev–Trinajstić information content (AvgIpc) is 2.68. The van der Waals surface area contributed by atoms with Crippen LogP contribution in [0, 0.1) is 0 Å². The molecule has 5 nitrogen and oxygen atoms in total. The second-order valence-electron chi connectivity index (χ2n) is 3.02. The molecule has 0 aliphatic rings. The second-order valence-corrected chi connectivity index (χ2v) is 3.02. The van der Waals surface area contributed by atoms with Crippen molar-refractivity contribution in [1.29, 1.82) is 0 Å². The second kappa shape index (κ2) is 4.10. The molecule has 2 aromatic rings. The highest BCUT2D eigenvalue weighted by Crippen LogP contribution is 2.23. The minimum Gasteiger partial charge on any atom is -0.418 e. The highest BCUT2D eigenvalue weighted by molar-refractivity contribution is 5.69. The molecule has 78 valence electrons. The quantitative estimate of drug-likeness (QED) is 0.768. The van der Waals surface area contributed by atoms with Crippen molar-refractivity contribution in [2.24, 2.45) is 0 Å². The van der Waals surface area contributed by atoms with Gasteiger partial charge in [0.25, 0.3) is 0 Å². The van der Waals surface area contributed by atoms with Gasteiger partial charge in [-0.3, -0.25) is 0 Å². The van der Waals surface area contributed by atoms with Crippen molar-refractivity contribution >= 4 is 5.69 Å². The zero-order valence-electron chi connectivity index (χ0n) is 8.30. The molecule has 0 fully saturated rings. The van der Waals surface area contributed by atoms with Gasteiger partial charge in [-0.2, -0.15) is 0 Å². The SMILES string of the molecule is COCc1nnc(-c2ccccc2N)o1. The van der Waals surface area contributed by atoms with Crippen molar-refractivity contribution in [3.8, 4) is 11.5 Å². The molecule has 0 atom stereocenters. The lowest BCUT2D eigenvalue weighted by molar-refractivity contribution is 0.160. The number of nitrogens with two attached hydrogens (primary N) is 1. The maximum Gasteiger partial charge on any atom is 0.249 e. The van der Waals surface area contributed by atoms with Gasteiger partial charge in [-0.15, -0.1) is 10.2 Å². The first kappa shape index (κ1) is 9.67. The Kier molecular flexibility index (Phi) is 2.64. The van der Waals surface area contributed by atoms with E-state index in [-0.39, 0.29) is 0 Å². The summed E-state index contributed by atoms with van der Waals surface area (Å²) in [7, 11) is 1.57. The van der Waals surface area contributed by atoms with Gasteiger partial charge in [0.2, 0.25) is 11.8 Å². The third-order valence-electron chi connectivity index (χ3n) is 1.93. The van der Waals surface area contributed by atoms with Crippen LogP contribution in [-0.2, 0) is 11.3 Å². The molecule has 2 N–H and O–H groups in total. The van der Waals surface area contributed by atoms with E-state index in [2.05, 4.69) is 10.2 Å². The first-order chi connectivity index (χ1) is 7.31. The molecule has 0 amide bonds. The van der Waals surface area contributed by atoms with Crippen LogP contribution < -0.4 is 5.73 Å². The Morgan fingerprint density at radius 3 is 2.87 bits per heavy atom. The Morgan fingerprint density at radius 2 is 2.13 bits per heavy atom. The first-order valence-electron chi connectivity index (χ1n) is 4.47. The minimum absolute atomic E-state index is 0.305. The topological polar surface area (TPSA) is 74.2 Å². The molecule has 2 rings (SSSR count). The van der Waals surface area contributed by atoms with Crippen LogP contribution in [0.4, 0.5) is 5.69 Å². The molecule has 1 aromatic carbocycles. The number of ether oxygens (including phenoxy) is 1. The van der Waals surface area contributed by atoms with Gasteiger partial charge in [0.15, 0.2) is 0 Å². The van der Waals surface area contributed by atoms with E-state index in [0.717, 1.165) is 5.56 Å². The predicted octanol–water partition coefficient (Wildman–Crippen LogP) is 1.47. The Hall–Kier alpha value is -1.88. The van der Waals surface area contributed by atoms with E-state index in [1.54, 1.807) is 13.2 Å². The first-order valence-corrected chi connectivity index (χ1v) is 4.47. The largest absolute Gasteiger partial charge is 0.418 e. The van der Waals surface area contributed by atoms with E-state index < -0.39 is 0 Å². The van der Waals surface area contributed by atoms with E-state index >= 15 is 0 Å². The lowest BCUT2D eigenvalue weighted by Crippen LogP contribution is -1.88. The fraction of sp³-hybridized carbons (Fsp3) is 0.200. The number of methoxy groups -OCH3 is 1. The molecule has 0 aliphatic heterocycles. The molecule has 0 unspecified atom stereocenters. The van der Waals surface area contributed by atoms with Crippen LogP contribution in [0.15, 0.2) is 28.7 Å². The molecular formula is C10H11N3O2. The summed E-state index contributed by atoms with van der Waals surface area (Å²) in [6.07, 6.45) is 0. The van der Waals surface area contributed by atoms with Crippen LogP contribution in [-0.4, -0.2) is 17.3 Å². The summed E-state index contributed by atoms with van der Waals surface area (Å²) in [5, 5.41) is 7.72. The molecule has 1 aromatic heterocycles. The number of nitrogens with zero attached hydrogens (tertiary/aromatic N) is 2. The maximum atomic E-state index is 5.78. The van der Waals surface area contributed by atoms with Crippen molar-refractivity contribution in [1.82, 2.24) is 10.2 Å². The van der Waals surface area contributed by atoms with Gasteiger partial charge in [-0.05, 0) is 12.1 Å². The highest BCUT2D eigenvalue weighted by Gasteiger charge is 2.10. The highest BCUT2D eigenvalue weighted by atomic mass is 16.5. The Morgan fingerprint density at radius 1 is 1.33 bits per heavy atom. The van der Waals surface area contributed by atoms with Crippen LogP contribution in [0.1, 0.15) is 5.89 Å². The number of nitrogen functional groups attached to an aromatic ring is 1. The molecule has 0 saturated heterocycles. The van der Waals surface area contributed by atoms with Crippen molar-refractivity contribution in [3.63, 3.8) is 0 Å². The molecule has 5 heteroatoms. The van der Waals surface area contributed by atoms with Crippen LogP contribution in [0.2, 0.25) is 0 Å². The molecule has 15 heavy (non-hydrogen) atoms. The fourth-order valence-electron chi connectivity index (χ4n) is 1.24. The van der Waals surface area contributed by atoms with Crippen molar-refractivity contribution in [2.45, 2.75) is 6.61 Å². The monoisotopic (exact) mass is 205 g/mol. The van der Waals surface area contributed by atoms with Crippen molar-refractivity contribution in [3.05, 3.63) is 30.2 Å². The number of aromatic nitrogens is 2. The molecule has 0 spiro atoms. The minimum atomic E-state index is 0.305. The number of hydrogen-bond acceptors (Lipinski definition) is 5. The summed E-state index contributed by atoms with van der Waals surface area (Å²) in [4.78, 5) is 0. The van der Waals surface area contributed by atoms with Gasteiger partial charge < -0.3 is 14.9 Å². The van der Waals surface area contributed by atoms with Gasteiger partial charge in [-0.1, -0.05) is 12.1 Å². The lowest BCUT2D eigenvalue weighted by atomic mass is 10.2. The number of benzene rings is 1. The molecule has 0 radical (unpaired) electrons. The third-order valence-corrected chi connectivity index (χ3v) is 1.93. The van der Waals surface area contributed by atoms with Crippen LogP contribution in [0.25, 0.3) is 11.5 Å². The normalized spacial score (nSPS) is 10.5. The summed E-state index contributed by atoms with van der Waals surface area (Å²) in [5.41, 5.74) is 7.14. The summed E-state index contributed by atoms with van der Waals surface area (Å²) in [5.74, 6) is 0.857. The standard InChI is InChI=1S/C10H11N3O2/c1-14-6-9-12-13-10(15-9)7-4-2-3-5-8(7)11/h2-5H,6,11H2,1H3. The van der Waals surface area contributed by atoms with Gasteiger partial charge in [0.05, 0.1) is 5.56 Å². The molecule has 0 saturated carbocycles. The van der Waals surface area contributed by atoms with Gasteiger partial charge in [0, 0.05) is 12.8 Å². The van der Waals surface area contributed by atoms with Gasteiger partial charge >= 0.3 is 0 Å². The number of para-hydroxylation sites is 1. The van der Waals surface area contributed by atoms with E-state index in [1.165, 1.54) is 0 Å². The average molecular weight is 205 g/mol. The molecule has 0 aliphatic carbocycles. The summed E-state index contributed by atoms with van der Waals surface area (Å²) in [6, 6.07) is 7.34. The molecule has 1 heterocycles. The Labute approximate surface area is 86.9 Å².